The van der Waals surface area contributed by atoms with Gasteiger partial charge in [0.25, 0.3) is 5.91 Å². The molecule has 0 aliphatic carbocycles. The van der Waals surface area contributed by atoms with E-state index in [-0.39, 0.29) is 18.6 Å². The van der Waals surface area contributed by atoms with E-state index in [1.165, 1.54) is 18.7 Å². The maximum absolute atomic E-state index is 12.3. The van der Waals surface area contributed by atoms with E-state index in [1.54, 1.807) is 24.3 Å². The summed E-state index contributed by atoms with van der Waals surface area (Å²) in [6.07, 6.45) is 3.41. The quantitative estimate of drug-likeness (QED) is 0.534. The molecule has 1 fully saturated rings. The maximum Gasteiger partial charge on any atom is 0.255 e. The number of nitrogens with two attached hydrogens (primary N) is 1. The van der Waals surface area contributed by atoms with Gasteiger partial charge in [-0.15, -0.1) is 0 Å². The standard InChI is InChI=1S/C25H31N3O5/c1-18-15-28(10-11-32-18)16-21-5-3-4-20(12-21)14-27-25(30)9-7-19-6-8-22(23(13-19)31-2)33-17-24(26)29/h3-9,12-13,18H,10-11,14-17H2,1-2H3,(H2,26,29)(H,27,30)/b9-7+. The van der Waals surface area contributed by atoms with Gasteiger partial charge in [-0.05, 0) is 41.8 Å². The van der Waals surface area contributed by atoms with Gasteiger partial charge in [-0.2, -0.15) is 0 Å². The summed E-state index contributed by atoms with van der Waals surface area (Å²) in [4.78, 5) is 25.6. The topological polar surface area (TPSA) is 103 Å². The summed E-state index contributed by atoms with van der Waals surface area (Å²) < 4.78 is 16.2. The predicted octanol–water partition coefficient (Wildman–Crippen LogP) is 2.11. The van der Waals surface area contributed by atoms with Crippen LogP contribution >= 0.6 is 0 Å². The Morgan fingerprint density at radius 1 is 1.21 bits per heavy atom. The van der Waals surface area contributed by atoms with Crippen LogP contribution in [0, 0.1) is 0 Å². The van der Waals surface area contributed by atoms with Crippen LogP contribution in [0.15, 0.2) is 48.5 Å². The van der Waals surface area contributed by atoms with E-state index < -0.39 is 5.91 Å². The molecular formula is C25H31N3O5. The number of ether oxygens (including phenoxy) is 3. The molecule has 0 spiro atoms. The fourth-order valence-corrected chi connectivity index (χ4v) is 3.61. The Morgan fingerprint density at radius 3 is 2.79 bits per heavy atom. The van der Waals surface area contributed by atoms with Gasteiger partial charge in [0.15, 0.2) is 18.1 Å². The number of hydrogen-bond acceptors (Lipinski definition) is 6. The van der Waals surface area contributed by atoms with Crippen molar-refractivity contribution < 1.29 is 23.8 Å². The minimum Gasteiger partial charge on any atom is -0.493 e. The van der Waals surface area contributed by atoms with E-state index in [9.17, 15) is 9.59 Å². The van der Waals surface area contributed by atoms with Crippen molar-refractivity contribution in [3.05, 3.63) is 65.2 Å². The highest BCUT2D eigenvalue weighted by molar-refractivity contribution is 5.91. The SMILES string of the molecule is COc1cc(/C=C/C(=O)NCc2cccc(CN3CCOC(C)C3)c2)ccc1OCC(N)=O. The van der Waals surface area contributed by atoms with Gasteiger partial charge in [-0.25, -0.2) is 0 Å². The zero-order valence-corrected chi connectivity index (χ0v) is 19.1. The molecule has 1 unspecified atom stereocenters. The average molecular weight is 454 g/mol. The van der Waals surface area contributed by atoms with Crippen LogP contribution in [0.5, 0.6) is 11.5 Å². The molecular weight excluding hydrogens is 422 g/mol. The highest BCUT2D eigenvalue weighted by Crippen LogP contribution is 2.28. The average Bonchev–Trinajstić information content (AvgIpc) is 2.80. The highest BCUT2D eigenvalue weighted by atomic mass is 16.5. The Hall–Kier alpha value is -3.36. The summed E-state index contributed by atoms with van der Waals surface area (Å²) in [6, 6.07) is 13.4. The van der Waals surface area contributed by atoms with Crippen LogP contribution in [-0.4, -0.2) is 56.2 Å². The Morgan fingerprint density at radius 2 is 2.03 bits per heavy atom. The summed E-state index contributed by atoms with van der Waals surface area (Å²) in [5, 5.41) is 2.91. The molecule has 2 aromatic carbocycles. The summed E-state index contributed by atoms with van der Waals surface area (Å²) in [7, 11) is 1.50. The fraction of sp³-hybridized carbons (Fsp3) is 0.360. The Bertz CT molecular complexity index is 992. The van der Waals surface area contributed by atoms with E-state index in [4.69, 9.17) is 19.9 Å². The number of hydrogen-bond donors (Lipinski definition) is 2. The third-order valence-corrected chi connectivity index (χ3v) is 5.17. The lowest BCUT2D eigenvalue weighted by molar-refractivity contribution is -0.120. The largest absolute Gasteiger partial charge is 0.493 e. The van der Waals surface area contributed by atoms with Crippen LogP contribution in [0.3, 0.4) is 0 Å². The Balaban J connectivity index is 1.52. The second kappa shape index (κ2) is 12.0. The van der Waals surface area contributed by atoms with Crippen molar-refractivity contribution >= 4 is 17.9 Å². The van der Waals surface area contributed by atoms with Gasteiger partial charge in [0.05, 0.1) is 19.8 Å². The van der Waals surface area contributed by atoms with Crippen LogP contribution in [0.25, 0.3) is 6.08 Å². The molecule has 0 aromatic heterocycles. The zero-order chi connectivity index (χ0) is 23.6. The minimum atomic E-state index is -0.570. The molecule has 0 bridgehead atoms. The number of benzene rings is 2. The number of nitrogens with one attached hydrogen (secondary N) is 1. The number of carbonyl (C=O) groups excluding carboxylic acids is 2. The lowest BCUT2D eigenvalue weighted by atomic mass is 10.1. The van der Waals surface area contributed by atoms with E-state index in [0.717, 1.165) is 37.4 Å². The van der Waals surface area contributed by atoms with E-state index in [2.05, 4.69) is 29.3 Å². The maximum atomic E-state index is 12.3. The first-order valence-electron chi connectivity index (χ1n) is 10.9. The molecule has 8 nitrogen and oxygen atoms in total. The van der Waals surface area contributed by atoms with Crippen LogP contribution < -0.4 is 20.5 Å². The number of morpholine rings is 1. The zero-order valence-electron chi connectivity index (χ0n) is 19.1. The van der Waals surface area contributed by atoms with Crippen molar-refractivity contribution in [1.82, 2.24) is 10.2 Å². The smallest absolute Gasteiger partial charge is 0.255 e. The first kappa shape index (κ1) is 24.3. The summed E-state index contributed by atoms with van der Waals surface area (Å²) in [6.45, 7) is 5.79. The number of methoxy groups -OCH3 is 1. The van der Waals surface area contributed by atoms with Gasteiger partial charge in [0, 0.05) is 32.3 Å². The molecule has 2 aromatic rings. The number of rotatable bonds is 10. The third kappa shape index (κ3) is 7.93. The fourth-order valence-electron chi connectivity index (χ4n) is 3.61. The van der Waals surface area contributed by atoms with Gasteiger partial charge in [0.2, 0.25) is 5.91 Å². The van der Waals surface area contributed by atoms with E-state index >= 15 is 0 Å². The molecule has 0 radical (unpaired) electrons. The molecule has 33 heavy (non-hydrogen) atoms. The van der Waals surface area contributed by atoms with Crippen LogP contribution in [0.2, 0.25) is 0 Å². The molecule has 0 saturated carbocycles. The van der Waals surface area contributed by atoms with Crippen molar-refractivity contribution in [2.45, 2.75) is 26.1 Å². The summed E-state index contributed by atoms with van der Waals surface area (Å²) >= 11 is 0. The first-order chi connectivity index (χ1) is 15.9. The van der Waals surface area contributed by atoms with Crippen molar-refractivity contribution in [1.29, 1.82) is 0 Å². The second-order valence-corrected chi connectivity index (χ2v) is 7.95. The molecule has 176 valence electrons. The van der Waals surface area contributed by atoms with Gasteiger partial charge in [-0.1, -0.05) is 30.3 Å². The van der Waals surface area contributed by atoms with Crippen LogP contribution in [-0.2, 0) is 27.4 Å². The van der Waals surface area contributed by atoms with Crippen molar-refractivity contribution in [3.8, 4) is 11.5 Å². The third-order valence-electron chi connectivity index (χ3n) is 5.17. The molecule has 3 N–H and O–H groups in total. The molecule has 1 heterocycles. The second-order valence-electron chi connectivity index (χ2n) is 7.95. The lowest BCUT2D eigenvalue weighted by Gasteiger charge is -2.31. The lowest BCUT2D eigenvalue weighted by Crippen LogP contribution is -2.40. The number of primary amides is 1. The van der Waals surface area contributed by atoms with Crippen molar-refractivity contribution in [2.75, 3.05) is 33.4 Å². The molecule has 8 heteroatoms. The Labute approximate surface area is 194 Å². The van der Waals surface area contributed by atoms with E-state index in [1.807, 2.05) is 12.1 Å². The van der Waals surface area contributed by atoms with Gasteiger partial charge in [-0.3, -0.25) is 14.5 Å². The minimum absolute atomic E-state index is 0.199. The highest BCUT2D eigenvalue weighted by Gasteiger charge is 2.16. The van der Waals surface area contributed by atoms with Gasteiger partial charge >= 0.3 is 0 Å². The van der Waals surface area contributed by atoms with Gasteiger partial charge < -0.3 is 25.3 Å². The number of carbonyl (C=O) groups is 2. The normalized spacial score (nSPS) is 16.5. The number of amides is 2. The summed E-state index contributed by atoms with van der Waals surface area (Å²) in [5.41, 5.74) is 8.13. The van der Waals surface area contributed by atoms with Crippen molar-refractivity contribution in [3.63, 3.8) is 0 Å². The van der Waals surface area contributed by atoms with Crippen LogP contribution in [0.4, 0.5) is 0 Å². The molecule has 1 saturated heterocycles. The van der Waals surface area contributed by atoms with E-state index in [0.29, 0.717) is 18.0 Å². The molecule has 2 amide bonds. The molecule has 1 aliphatic heterocycles. The molecule has 1 atom stereocenters. The number of nitrogens with zero attached hydrogens (tertiary/aromatic N) is 1. The first-order valence-corrected chi connectivity index (χ1v) is 10.9. The van der Waals surface area contributed by atoms with Crippen LogP contribution in [0.1, 0.15) is 23.6 Å². The Kier molecular flexibility index (Phi) is 8.86. The molecule has 3 rings (SSSR count). The van der Waals surface area contributed by atoms with Crippen molar-refractivity contribution in [2.24, 2.45) is 5.73 Å². The predicted molar refractivity (Wildman–Crippen MR) is 126 cm³/mol. The molecule has 1 aliphatic rings. The summed E-state index contributed by atoms with van der Waals surface area (Å²) in [5.74, 6) is 0.0870. The van der Waals surface area contributed by atoms with Gasteiger partial charge in [0.1, 0.15) is 0 Å². The monoisotopic (exact) mass is 453 g/mol.